The van der Waals surface area contributed by atoms with Crippen LogP contribution in [0.25, 0.3) is 10.6 Å². The molecule has 0 aliphatic carbocycles. The zero-order chi connectivity index (χ0) is 16.4. The van der Waals surface area contributed by atoms with Gasteiger partial charge in [0.1, 0.15) is 16.6 Å². The Kier molecular flexibility index (Phi) is 4.78. The third kappa shape index (κ3) is 3.46. The van der Waals surface area contributed by atoms with Crippen LogP contribution in [0.5, 0.6) is 0 Å². The van der Waals surface area contributed by atoms with Crippen LogP contribution < -0.4 is 0 Å². The average Bonchev–Trinajstić information content (AvgIpc) is 2.95. The van der Waals surface area contributed by atoms with E-state index in [-0.39, 0.29) is 5.56 Å². The summed E-state index contributed by atoms with van der Waals surface area (Å²) in [5.41, 5.74) is 3.25. The van der Waals surface area contributed by atoms with Gasteiger partial charge in [-0.25, -0.2) is 13.8 Å². The summed E-state index contributed by atoms with van der Waals surface area (Å²) < 4.78 is 27.6. The molecule has 0 aliphatic heterocycles. The average molecular weight is 347 g/mol. The van der Waals surface area contributed by atoms with E-state index in [1.807, 2.05) is 11.4 Å². The van der Waals surface area contributed by atoms with Crippen molar-refractivity contribution in [3.05, 3.63) is 70.2 Å². The maximum Gasteiger partial charge on any atom is 0.136 e. The smallest absolute Gasteiger partial charge is 0.136 e. The lowest BCUT2D eigenvalue weighted by molar-refractivity contribution is 0.589. The van der Waals surface area contributed by atoms with Crippen LogP contribution >= 0.6 is 23.1 Å². The highest BCUT2D eigenvalue weighted by Gasteiger charge is 2.15. The monoisotopic (exact) mass is 347 g/mol. The van der Waals surface area contributed by atoms with Gasteiger partial charge in [-0.15, -0.1) is 23.1 Å². The van der Waals surface area contributed by atoms with Crippen molar-refractivity contribution in [2.24, 2.45) is 0 Å². The van der Waals surface area contributed by atoms with Gasteiger partial charge in [-0.3, -0.25) is 0 Å². The van der Waals surface area contributed by atoms with Crippen molar-refractivity contribution in [2.45, 2.75) is 24.5 Å². The Morgan fingerprint density at radius 2 is 1.61 bits per heavy atom. The Bertz CT molecular complexity index is 802. The molecule has 1 aromatic heterocycles. The van der Waals surface area contributed by atoms with Gasteiger partial charge in [0, 0.05) is 16.0 Å². The molecule has 0 unspecified atom stereocenters. The highest BCUT2D eigenvalue weighted by molar-refractivity contribution is 7.98. The first-order valence-corrected chi connectivity index (χ1v) is 9.00. The molecule has 1 heterocycles. The van der Waals surface area contributed by atoms with Crippen molar-refractivity contribution in [1.29, 1.82) is 0 Å². The van der Waals surface area contributed by atoms with E-state index >= 15 is 0 Å². The lowest BCUT2D eigenvalue weighted by Gasteiger charge is -2.07. The quantitative estimate of drug-likeness (QED) is 0.537. The van der Waals surface area contributed by atoms with Gasteiger partial charge in [-0.1, -0.05) is 24.3 Å². The number of thiazole rings is 1. The van der Waals surface area contributed by atoms with Gasteiger partial charge < -0.3 is 0 Å². The van der Waals surface area contributed by atoms with Crippen molar-refractivity contribution >= 4 is 23.1 Å². The van der Waals surface area contributed by atoms with E-state index in [0.29, 0.717) is 10.8 Å². The molecular formula is C18H15F2NS2. The third-order valence-corrected chi connectivity index (χ3v) is 5.78. The molecule has 0 saturated carbocycles. The molecule has 2 aromatic carbocycles. The zero-order valence-electron chi connectivity index (χ0n) is 12.8. The van der Waals surface area contributed by atoms with E-state index in [4.69, 9.17) is 0 Å². The molecule has 23 heavy (non-hydrogen) atoms. The summed E-state index contributed by atoms with van der Waals surface area (Å²) in [7, 11) is 0. The Hall–Kier alpha value is -1.72. The summed E-state index contributed by atoms with van der Waals surface area (Å²) in [6.07, 6.45) is 0. The number of aromatic nitrogens is 1. The van der Waals surface area contributed by atoms with Crippen LogP contribution in [0.1, 0.15) is 16.8 Å². The van der Waals surface area contributed by atoms with Crippen molar-refractivity contribution < 1.29 is 8.78 Å². The van der Waals surface area contributed by atoms with Crippen LogP contribution in [0, 0.1) is 25.5 Å². The van der Waals surface area contributed by atoms with E-state index in [1.165, 1.54) is 45.6 Å². The summed E-state index contributed by atoms with van der Waals surface area (Å²) in [6, 6.07) is 10.1. The normalized spacial score (nSPS) is 11.0. The fraction of sp³-hybridized carbons (Fsp3) is 0.167. The number of hydrogen-bond acceptors (Lipinski definition) is 3. The lowest BCUT2D eigenvalue weighted by atomic mass is 10.2. The van der Waals surface area contributed by atoms with E-state index in [0.717, 1.165) is 5.69 Å². The first-order valence-electron chi connectivity index (χ1n) is 7.14. The minimum atomic E-state index is -0.576. The van der Waals surface area contributed by atoms with Gasteiger partial charge in [-0.2, -0.15) is 0 Å². The minimum Gasteiger partial charge on any atom is -0.240 e. The molecule has 0 fully saturated rings. The molecule has 1 nitrogen and oxygen atoms in total. The molecule has 0 atom stereocenters. The molecule has 0 saturated heterocycles. The van der Waals surface area contributed by atoms with Crippen molar-refractivity contribution in [3.8, 4) is 10.6 Å². The number of benzene rings is 2. The van der Waals surface area contributed by atoms with E-state index < -0.39 is 11.6 Å². The second kappa shape index (κ2) is 6.81. The lowest BCUT2D eigenvalue weighted by Crippen LogP contribution is -1.90. The van der Waals surface area contributed by atoms with Crippen LogP contribution in [-0.4, -0.2) is 4.98 Å². The molecule has 5 heteroatoms. The second-order valence-electron chi connectivity index (χ2n) is 5.25. The molecule has 0 N–H and O–H groups in total. The first kappa shape index (κ1) is 16.1. The third-order valence-electron chi connectivity index (χ3n) is 3.50. The highest BCUT2D eigenvalue weighted by Crippen LogP contribution is 2.33. The summed E-state index contributed by atoms with van der Waals surface area (Å²) in [5.74, 6) is -0.472. The van der Waals surface area contributed by atoms with Crippen molar-refractivity contribution in [3.63, 3.8) is 0 Å². The predicted molar refractivity (Wildman–Crippen MR) is 92.9 cm³/mol. The zero-order valence-corrected chi connectivity index (χ0v) is 14.4. The standard InChI is InChI=1S/C18H15F2NS2/c1-11-5-3-6-12(2)17(11)22-9-13-10-23-18(21-13)16-14(19)7-4-8-15(16)20/h3-8,10H,9H2,1-2H3. The highest BCUT2D eigenvalue weighted by atomic mass is 32.2. The van der Waals surface area contributed by atoms with Crippen LogP contribution in [0.15, 0.2) is 46.7 Å². The molecule has 118 valence electrons. The molecule has 0 aliphatic rings. The fourth-order valence-electron chi connectivity index (χ4n) is 2.36. The summed E-state index contributed by atoms with van der Waals surface area (Å²) >= 11 is 2.97. The molecule has 3 aromatic rings. The number of aryl methyl sites for hydroxylation is 2. The van der Waals surface area contributed by atoms with Gasteiger partial charge in [0.15, 0.2) is 0 Å². The number of nitrogens with zero attached hydrogens (tertiary/aromatic N) is 1. The Morgan fingerprint density at radius 3 is 2.26 bits per heavy atom. The molecule has 0 bridgehead atoms. The summed E-state index contributed by atoms with van der Waals surface area (Å²) in [4.78, 5) is 5.63. The van der Waals surface area contributed by atoms with Crippen LogP contribution in [0.4, 0.5) is 8.78 Å². The Balaban J connectivity index is 1.81. The van der Waals surface area contributed by atoms with Crippen LogP contribution in [0.3, 0.4) is 0 Å². The van der Waals surface area contributed by atoms with Gasteiger partial charge >= 0.3 is 0 Å². The molecule has 0 amide bonds. The molecule has 0 radical (unpaired) electrons. The SMILES string of the molecule is Cc1cccc(C)c1SCc1csc(-c2c(F)cccc2F)n1. The largest absolute Gasteiger partial charge is 0.240 e. The first-order chi connectivity index (χ1) is 11.1. The van der Waals surface area contributed by atoms with Gasteiger partial charge in [0.2, 0.25) is 0 Å². The van der Waals surface area contributed by atoms with Gasteiger partial charge in [-0.05, 0) is 37.1 Å². The molecule has 0 spiro atoms. The van der Waals surface area contributed by atoms with Crippen LogP contribution in [-0.2, 0) is 5.75 Å². The topological polar surface area (TPSA) is 12.9 Å². The maximum absolute atomic E-state index is 13.8. The fourth-order valence-corrected chi connectivity index (χ4v) is 4.37. The number of hydrogen-bond donors (Lipinski definition) is 0. The second-order valence-corrected chi connectivity index (χ2v) is 7.09. The van der Waals surface area contributed by atoms with Crippen molar-refractivity contribution in [1.82, 2.24) is 4.98 Å². The van der Waals surface area contributed by atoms with Gasteiger partial charge in [0.25, 0.3) is 0 Å². The summed E-state index contributed by atoms with van der Waals surface area (Å²) in [5, 5.41) is 2.25. The van der Waals surface area contributed by atoms with Gasteiger partial charge in [0.05, 0.1) is 11.3 Å². The number of halogens is 2. The Morgan fingerprint density at radius 1 is 1.00 bits per heavy atom. The minimum absolute atomic E-state index is 0.0409. The van der Waals surface area contributed by atoms with Crippen LogP contribution in [0.2, 0.25) is 0 Å². The van der Waals surface area contributed by atoms with E-state index in [2.05, 4.69) is 31.0 Å². The van der Waals surface area contributed by atoms with E-state index in [9.17, 15) is 8.78 Å². The summed E-state index contributed by atoms with van der Waals surface area (Å²) in [6.45, 7) is 4.16. The maximum atomic E-state index is 13.8. The molecule has 3 rings (SSSR count). The molecular weight excluding hydrogens is 332 g/mol. The van der Waals surface area contributed by atoms with Crippen molar-refractivity contribution in [2.75, 3.05) is 0 Å². The Labute approximate surface area is 142 Å². The predicted octanol–water partition coefficient (Wildman–Crippen LogP) is 6.00. The number of thioether (sulfide) groups is 1. The number of rotatable bonds is 4. The van der Waals surface area contributed by atoms with E-state index in [1.54, 1.807) is 11.8 Å².